The first-order valence-corrected chi connectivity index (χ1v) is 9.94. The van der Waals surface area contributed by atoms with Crippen LogP contribution in [0.4, 0.5) is 0 Å². The molecule has 2 fully saturated rings. The smallest absolute Gasteiger partial charge is 0.353 e. The highest BCUT2D eigenvalue weighted by Gasteiger charge is 2.60. The summed E-state index contributed by atoms with van der Waals surface area (Å²) in [7, 11) is 1.90. The molecule has 0 saturated carbocycles. The number of likely N-dealkylation sites (N-methyl/N-ethyl adjacent to an activating group) is 1. The van der Waals surface area contributed by atoms with Gasteiger partial charge in [-0.05, 0) is 20.4 Å². The Kier molecular flexibility index (Phi) is 7.38. The lowest BCUT2D eigenvalue weighted by Gasteiger charge is -2.46. The number of β-lactam (4-membered cyclic amide) rings is 1. The van der Waals surface area contributed by atoms with E-state index in [1.165, 1.54) is 4.90 Å². The lowest BCUT2D eigenvalue weighted by atomic mass is 9.79. The number of aliphatic carboxylic acids is 1. The molecule has 0 aromatic carbocycles. The number of rotatable bonds is 7. The molecule has 3 rings (SSSR count). The molecule has 4 N–H and O–H groups in total. The highest BCUT2D eigenvalue weighted by molar-refractivity contribution is 8.03. The number of fused-ring (bicyclic) bond motifs is 1. The van der Waals surface area contributed by atoms with Crippen LogP contribution in [0.3, 0.4) is 0 Å². The summed E-state index contributed by atoms with van der Waals surface area (Å²) >= 11 is 1.58. The summed E-state index contributed by atoms with van der Waals surface area (Å²) in [5.41, 5.74) is 0.114. The normalized spacial score (nSPS) is 33.9. The number of carbonyl (C=O) groups is 2. The van der Waals surface area contributed by atoms with E-state index in [1.807, 2.05) is 14.0 Å². The van der Waals surface area contributed by atoms with Crippen LogP contribution in [-0.2, 0) is 9.59 Å². The molecule has 0 aromatic heterocycles. The molecule has 2 saturated heterocycles. The number of aliphatic hydroxyl groups is 1. The van der Waals surface area contributed by atoms with E-state index in [1.54, 1.807) is 18.7 Å². The maximum Gasteiger partial charge on any atom is 0.353 e. The minimum Gasteiger partial charge on any atom is -0.477 e. The molecule has 6 atom stereocenters. The summed E-state index contributed by atoms with van der Waals surface area (Å²) < 4.78 is 0. The number of nitrogens with one attached hydrogen (secondary N) is 2. The van der Waals surface area contributed by atoms with E-state index in [0.29, 0.717) is 0 Å². The standard InChI is InChI=1S/C18H27N3O4S.ClH/c1-9-14-13(10(2)22)17(23)21(14)15(18(24)25)16(9)26-12-7-11(20-8-12)5-4-6-19-3;/h4-5,9-14,19-20,22H,6-8H2,1-3H3,(H,24,25);1H/b5-4+;/t9-,10-,11-,12+,13-,14-;/m1./s1. The highest BCUT2D eigenvalue weighted by Crippen LogP contribution is 2.51. The van der Waals surface area contributed by atoms with Gasteiger partial charge in [0.05, 0.1) is 18.1 Å². The lowest BCUT2D eigenvalue weighted by molar-refractivity contribution is -0.163. The highest BCUT2D eigenvalue weighted by atomic mass is 35.5. The summed E-state index contributed by atoms with van der Waals surface area (Å²) in [6.07, 6.45) is 4.39. The summed E-state index contributed by atoms with van der Waals surface area (Å²) in [6, 6.07) is 0.0482. The van der Waals surface area contributed by atoms with Gasteiger partial charge >= 0.3 is 5.97 Å². The van der Waals surface area contributed by atoms with Gasteiger partial charge in [-0.3, -0.25) is 4.79 Å². The zero-order chi connectivity index (χ0) is 19.0. The van der Waals surface area contributed by atoms with Crippen molar-refractivity contribution in [3.05, 3.63) is 22.8 Å². The number of amides is 1. The molecule has 0 spiro atoms. The molecular formula is C18H28ClN3O4S. The molecule has 3 aliphatic rings. The topological polar surface area (TPSA) is 102 Å². The molecular weight excluding hydrogens is 390 g/mol. The predicted octanol–water partition coefficient (Wildman–Crippen LogP) is 0.801. The molecule has 0 aromatic rings. The van der Waals surface area contributed by atoms with Gasteiger partial charge in [-0.2, -0.15) is 0 Å². The van der Waals surface area contributed by atoms with E-state index in [-0.39, 0.29) is 47.3 Å². The Balaban J connectivity index is 0.00000261. The molecule has 0 bridgehead atoms. The van der Waals surface area contributed by atoms with E-state index in [2.05, 4.69) is 22.8 Å². The van der Waals surface area contributed by atoms with Gasteiger partial charge in [-0.1, -0.05) is 19.1 Å². The third-order valence-corrected chi connectivity index (χ3v) is 6.93. The van der Waals surface area contributed by atoms with Crippen molar-refractivity contribution in [2.24, 2.45) is 11.8 Å². The number of carbonyl (C=O) groups excluding carboxylic acids is 1. The number of thioether (sulfide) groups is 1. The van der Waals surface area contributed by atoms with Crippen LogP contribution in [0.2, 0.25) is 0 Å². The van der Waals surface area contributed by atoms with E-state index in [0.717, 1.165) is 24.4 Å². The number of carboxylic acids is 1. The van der Waals surface area contributed by atoms with Crippen molar-refractivity contribution in [1.29, 1.82) is 0 Å². The molecule has 152 valence electrons. The minimum absolute atomic E-state index is 0. The Hall–Kier alpha value is -1.06. The molecule has 3 heterocycles. The first kappa shape index (κ1) is 22.2. The second kappa shape index (κ2) is 8.96. The molecule has 0 unspecified atom stereocenters. The van der Waals surface area contributed by atoms with Crippen molar-refractivity contribution in [2.75, 3.05) is 20.1 Å². The van der Waals surface area contributed by atoms with Crippen molar-refractivity contribution in [3.8, 4) is 0 Å². The first-order valence-electron chi connectivity index (χ1n) is 9.06. The van der Waals surface area contributed by atoms with E-state index in [9.17, 15) is 19.8 Å². The van der Waals surface area contributed by atoms with Gasteiger partial charge in [-0.15, -0.1) is 24.2 Å². The number of hydrogen-bond donors (Lipinski definition) is 4. The maximum atomic E-state index is 12.4. The summed E-state index contributed by atoms with van der Waals surface area (Å²) in [6.45, 7) is 5.19. The Morgan fingerprint density at radius 1 is 1.52 bits per heavy atom. The molecule has 0 aliphatic carbocycles. The quantitative estimate of drug-likeness (QED) is 0.359. The summed E-state index contributed by atoms with van der Waals surface area (Å²) in [5, 5.41) is 26.4. The van der Waals surface area contributed by atoms with Crippen molar-refractivity contribution in [2.45, 2.75) is 43.7 Å². The third kappa shape index (κ3) is 4.05. The summed E-state index contributed by atoms with van der Waals surface area (Å²) in [4.78, 5) is 26.3. The van der Waals surface area contributed by atoms with Crippen LogP contribution in [-0.4, -0.2) is 70.6 Å². The fourth-order valence-corrected chi connectivity index (χ4v) is 5.67. The Labute approximate surface area is 170 Å². The predicted molar refractivity (Wildman–Crippen MR) is 108 cm³/mol. The molecule has 7 nitrogen and oxygen atoms in total. The second-order valence-electron chi connectivity index (χ2n) is 7.25. The van der Waals surface area contributed by atoms with Crippen LogP contribution < -0.4 is 10.6 Å². The van der Waals surface area contributed by atoms with Crippen molar-refractivity contribution in [3.63, 3.8) is 0 Å². The van der Waals surface area contributed by atoms with E-state index in [4.69, 9.17) is 0 Å². The average molecular weight is 418 g/mol. The number of halogens is 1. The fourth-order valence-electron chi connectivity index (χ4n) is 4.18. The molecule has 9 heteroatoms. The molecule has 1 amide bonds. The largest absolute Gasteiger partial charge is 0.477 e. The zero-order valence-electron chi connectivity index (χ0n) is 15.7. The molecule has 3 aliphatic heterocycles. The van der Waals surface area contributed by atoms with Gasteiger partial charge in [0, 0.05) is 35.2 Å². The van der Waals surface area contributed by atoms with Gasteiger partial charge in [0.15, 0.2) is 0 Å². The zero-order valence-corrected chi connectivity index (χ0v) is 17.3. The van der Waals surface area contributed by atoms with E-state index >= 15 is 0 Å². The van der Waals surface area contributed by atoms with Crippen LogP contribution >= 0.6 is 24.2 Å². The minimum atomic E-state index is -1.06. The number of carboxylic acid groups (broad SMARTS) is 1. The Morgan fingerprint density at radius 3 is 2.81 bits per heavy atom. The van der Waals surface area contributed by atoms with Gasteiger partial charge in [0.1, 0.15) is 5.70 Å². The van der Waals surface area contributed by atoms with Crippen LogP contribution in [0.1, 0.15) is 20.3 Å². The summed E-state index contributed by atoms with van der Waals surface area (Å²) in [5.74, 6) is -1.91. The Morgan fingerprint density at radius 2 is 2.22 bits per heavy atom. The number of hydrogen-bond acceptors (Lipinski definition) is 6. The molecule has 27 heavy (non-hydrogen) atoms. The van der Waals surface area contributed by atoms with Gasteiger partial charge in [-0.25, -0.2) is 4.79 Å². The number of nitrogens with zero attached hydrogens (tertiary/aromatic N) is 1. The van der Waals surface area contributed by atoms with Crippen molar-refractivity contribution >= 4 is 36.0 Å². The maximum absolute atomic E-state index is 12.4. The van der Waals surface area contributed by atoms with Gasteiger partial charge in [0.2, 0.25) is 5.91 Å². The second-order valence-corrected chi connectivity index (χ2v) is 8.59. The van der Waals surface area contributed by atoms with Crippen molar-refractivity contribution in [1.82, 2.24) is 15.5 Å². The lowest BCUT2D eigenvalue weighted by Crippen LogP contribution is -2.63. The Bertz CT molecular complexity index is 655. The van der Waals surface area contributed by atoms with Crippen molar-refractivity contribution < 1.29 is 19.8 Å². The third-order valence-electron chi connectivity index (χ3n) is 5.42. The number of aliphatic hydroxyl groups excluding tert-OH is 1. The molecule has 0 radical (unpaired) electrons. The monoisotopic (exact) mass is 417 g/mol. The van der Waals surface area contributed by atoms with Crippen LogP contribution in [0.15, 0.2) is 22.8 Å². The average Bonchev–Trinajstić information content (AvgIpc) is 3.10. The van der Waals surface area contributed by atoms with E-state index < -0.39 is 18.0 Å². The van der Waals surface area contributed by atoms with Gasteiger partial charge < -0.3 is 25.7 Å². The van der Waals surface area contributed by atoms with Crippen LogP contribution in [0, 0.1) is 11.8 Å². The van der Waals surface area contributed by atoms with Crippen LogP contribution in [0.25, 0.3) is 0 Å². The van der Waals surface area contributed by atoms with Crippen LogP contribution in [0.5, 0.6) is 0 Å². The first-order chi connectivity index (χ1) is 12.4. The van der Waals surface area contributed by atoms with Gasteiger partial charge in [0.25, 0.3) is 0 Å². The fraction of sp³-hybridized carbons (Fsp3) is 0.667. The SMILES string of the molecule is CNC/C=C/[C@@H]1C[C@H](SC2=C(C(=O)O)N3C(=O)[C@H]([C@@H](C)O)[C@H]3[C@H]2C)CN1.Cl.